The van der Waals surface area contributed by atoms with E-state index in [4.69, 9.17) is 21.3 Å². The summed E-state index contributed by atoms with van der Waals surface area (Å²) < 4.78 is 8.27. The van der Waals surface area contributed by atoms with E-state index in [2.05, 4.69) is 33.6 Å². The maximum absolute atomic E-state index is 6.53. The maximum Gasteiger partial charge on any atom is 0.172 e. The second kappa shape index (κ2) is 10.3. The van der Waals surface area contributed by atoms with Gasteiger partial charge >= 0.3 is 0 Å². The molecule has 4 aromatic rings. The van der Waals surface area contributed by atoms with Gasteiger partial charge in [0.15, 0.2) is 5.16 Å². The summed E-state index contributed by atoms with van der Waals surface area (Å²) >= 11 is 8.04. The second-order valence-electron chi connectivity index (χ2n) is 7.96. The Bertz CT molecular complexity index is 1380. The number of para-hydroxylation sites is 1. The predicted molar refractivity (Wildman–Crippen MR) is 139 cm³/mol. The zero-order valence-corrected chi connectivity index (χ0v) is 21.2. The number of hydrogen-bond acceptors (Lipinski definition) is 6. The highest BCUT2D eigenvalue weighted by molar-refractivity contribution is 7.99. The van der Waals surface area contributed by atoms with Gasteiger partial charge in [-0.05, 0) is 36.9 Å². The van der Waals surface area contributed by atoms with Crippen LogP contribution in [0.2, 0.25) is 5.02 Å². The standard InChI is InChI=1S/C26H26ClN5OS/c1-6-8-22(31(3)4)19-13-17(2)30-25-18(19)9-7-10-23(25)33-16-20-21(27)14-28-15-24(20)34-26-29-11-12-32(26)5/h6-15H,1,16H2,2-5H3/b22-8-. The van der Waals surface area contributed by atoms with Crippen molar-refractivity contribution in [1.29, 1.82) is 0 Å². The van der Waals surface area contributed by atoms with Crippen LogP contribution in [-0.2, 0) is 13.7 Å². The number of aryl methyl sites for hydroxylation is 2. The Kier molecular flexibility index (Phi) is 7.24. The summed E-state index contributed by atoms with van der Waals surface area (Å²) in [7, 11) is 5.99. The predicted octanol–water partition coefficient (Wildman–Crippen LogP) is 6.14. The van der Waals surface area contributed by atoms with Gasteiger partial charge in [0.1, 0.15) is 17.9 Å². The Morgan fingerprint density at radius 2 is 2.12 bits per heavy atom. The number of halogens is 1. The molecule has 0 fully saturated rings. The molecule has 0 N–H and O–H groups in total. The van der Waals surface area contributed by atoms with Crippen LogP contribution < -0.4 is 4.74 Å². The van der Waals surface area contributed by atoms with Crippen molar-refractivity contribution in [2.45, 2.75) is 23.6 Å². The van der Waals surface area contributed by atoms with Gasteiger partial charge < -0.3 is 14.2 Å². The van der Waals surface area contributed by atoms with Crippen LogP contribution in [0.1, 0.15) is 16.8 Å². The van der Waals surface area contributed by atoms with E-state index in [0.29, 0.717) is 10.8 Å². The molecule has 3 aromatic heterocycles. The van der Waals surface area contributed by atoms with E-state index in [-0.39, 0.29) is 6.61 Å². The normalized spacial score (nSPS) is 11.6. The molecule has 0 saturated carbocycles. The molecule has 0 aliphatic carbocycles. The lowest BCUT2D eigenvalue weighted by Crippen LogP contribution is -2.11. The molecule has 0 spiro atoms. The highest BCUT2D eigenvalue weighted by Crippen LogP contribution is 2.35. The van der Waals surface area contributed by atoms with Crippen molar-refractivity contribution >= 4 is 40.0 Å². The molecule has 34 heavy (non-hydrogen) atoms. The molecule has 3 heterocycles. The van der Waals surface area contributed by atoms with E-state index in [0.717, 1.165) is 43.5 Å². The third-order valence-corrected chi connectivity index (χ3v) is 6.75. The van der Waals surface area contributed by atoms with Gasteiger partial charge in [0.2, 0.25) is 0 Å². The van der Waals surface area contributed by atoms with Crippen molar-refractivity contribution in [2.75, 3.05) is 14.1 Å². The van der Waals surface area contributed by atoms with Crippen LogP contribution >= 0.6 is 23.4 Å². The third-order valence-electron chi connectivity index (χ3n) is 5.28. The van der Waals surface area contributed by atoms with E-state index in [1.165, 1.54) is 11.8 Å². The van der Waals surface area contributed by atoms with Crippen LogP contribution in [0.5, 0.6) is 5.75 Å². The van der Waals surface area contributed by atoms with Crippen LogP contribution in [0.3, 0.4) is 0 Å². The quantitative estimate of drug-likeness (QED) is 0.276. The van der Waals surface area contributed by atoms with Gasteiger partial charge in [-0.2, -0.15) is 0 Å². The van der Waals surface area contributed by atoms with Gasteiger partial charge in [-0.1, -0.05) is 36.4 Å². The lowest BCUT2D eigenvalue weighted by atomic mass is 10.0. The van der Waals surface area contributed by atoms with Crippen LogP contribution in [0.25, 0.3) is 16.6 Å². The monoisotopic (exact) mass is 491 g/mol. The van der Waals surface area contributed by atoms with Crippen molar-refractivity contribution in [3.8, 4) is 5.75 Å². The molecule has 0 radical (unpaired) electrons. The molecule has 0 bridgehead atoms. The Balaban J connectivity index is 1.71. The zero-order chi connectivity index (χ0) is 24.2. The minimum atomic E-state index is 0.279. The fourth-order valence-electron chi connectivity index (χ4n) is 3.64. The molecular formula is C26H26ClN5OS. The third kappa shape index (κ3) is 4.95. The van der Waals surface area contributed by atoms with Crippen LogP contribution in [-0.4, -0.2) is 38.5 Å². The van der Waals surface area contributed by atoms with Gasteiger partial charge in [-0.3, -0.25) is 4.98 Å². The second-order valence-corrected chi connectivity index (χ2v) is 9.37. The number of rotatable bonds is 8. The van der Waals surface area contributed by atoms with Crippen LogP contribution in [0.15, 0.2) is 77.8 Å². The summed E-state index contributed by atoms with van der Waals surface area (Å²) in [6.07, 6.45) is 10.9. The van der Waals surface area contributed by atoms with E-state index in [1.54, 1.807) is 24.7 Å². The Morgan fingerprint density at radius 1 is 1.29 bits per heavy atom. The van der Waals surface area contributed by atoms with E-state index >= 15 is 0 Å². The first-order valence-electron chi connectivity index (χ1n) is 10.7. The van der Waals surface area contributed by atoms with E-state index in [9.17, 15) is 0 Å². The largest absolute Gasteiger partial charge is 0.487 e. The van der Waals surface area contributed by atoms with Crippen molar-refractivity contribution in [3.05, 3.63) is 89.6 Å². The van der Waals surface area contributed by atoms with Gasteiger partial charge in [-0.25, -0.2) is 9.97 Å². The molecule has 0 aliphatic rings. The number of hydrogen-bond donors (Lipinski definition) is 0. The maximum atomic E-state index is 6.53. The molecule has 1 aromatic carbocycles. The Hall–Kier alpha value is -3.29. The number of allylic oxidation sites excluding steroid dienone is 2. The summed E-state index contributed by atoms with van der Waals surface area (Å²) in [5.41, 5.74) is 4.69. The summed E-state index contributed by atoms with van der Waals surface area (Å²) in [4.78, 5) is 16.4. The van der Waals surface area contributed by atoms with E-state index in [1.807, 2.05) is 57.0 Å². The van der Waals surface area contributed by atoms with Gasteiger partial charge in [-0.15, -0.1) is 0 Å². The molecule has 0 aliphatic heterocycles. The topological polar surface area (TPSA) is 56.1 Å². The summed E-state index contributed by atoms with van der Waals surface area (Å²) in [6, 6.07) is 8.07. The first-order valence-corrected chi connectivity index (χ1v) is 11.9. The number of aromatic nitrogens is 4. The molecule has 6 nitrogen and oxygen atoms in total. The highest BCUT2D eigenvalue weighted by Gasteiger charge is 2.16. The van der Waals surface area contributed by atoms with Crippen LogP contribution in [0, 0.1) is 6.92 Å². The molecule has 8 heteroatoms. The van der Waals surface area contributed by atoms with Gasteiger partial charge in [0.25, 0.3) is 0 Å². The van der Waals surface area contributed by atoms with Crippen molar-refractivity contribution < 1.29 is 4.74 Å². The van der Waals surface area contributed by atoms with Crippen molar-refractivity contribution in [1.82, 2.24) is 24.4 Å². The fraction of sp³-hybridized carbons (Fsp3) is 0.192. The lowest BCUT2D eigenvalue weighted by molar-refractivity contribution is 0.306. The summed E-state index contributed by atoms with van der Waals surface area (Å²) in [6.45, 7) is 6.14. The van der Waals surface area contributed by atoms with Crippen molar-refractivity contribution in [3.63, 3.8) is 0 Å². The number of fused-ring (bicyclic) bond motifs is 1. The minimum Gasteiger partial charge on any atom is -0.487 e. The summed E-state index contributed by atoms with van der Waals surface area (Å²) in [5, 5.41) is 2.41. The number of pyridine rings is 2. The van der Waals surface area contributed by atoms with Gasteiger partial charge in [0.05, 0.1) is 5.02 Å². The Labute approximate surface area is 209 Å². The zero-order valence-electron chi connectivity index (χ0n) is 19.6. The first-order chi connectivity index (χ1) is 16.4. The molecule has 174 valence electrons. The van der Waals surface area contributed by atoms with Crippen molar-refractivity contribution in [2.24, 2.45) is 7.05 Å². The Morgan fingerprint density at radius 3 is 2.82 bits per heavy atom. The number of nitrogens with zero attached hydrogens (tertiary/aromatic N) is 5. The molecule has 4 rings (SSSR count). The highest BCUT2D eigenvalue weighted by atomic mass is 35.5. The number of imidazole rings is 1. The van der Waals surface area contributed by atoms with E-state index < -0.39 is 0 Å². The fourth-order valence-corrected chi connectivity index (χ4v) is 4.83. The van der Waals surface area contributed by atoms with Crippen LogP contribution in [0.4, 0.5) is 0 Å². The lowest BCUT2D eigenvalue weighted by Gasteiger charge is -2.20. The average Bonchev–Trinajstić information content (AvgIpc) is 3.21. The minimum absolute atomic E-state index is 0.279. The number of benzene rings is 1. The molecular weight excluding hydrogens is 466 g/mol. The smallest absolute Gasteiger partial charge is 0.172 e. The summed E-state index contributed by atoms with van der Waals surface area (Å²) in [5.74, 6) is 0.694. The first kappa shape index (κ1) is 23.9. The van der Waals surface area contributed by atoms with Gasteiger partial charge in [0, 0.05) is 78.7 Å². The average molecular weight is 492 g/mol. The molecule has 0 amide bonds. The molecule has 0 unspecified atom stereocenters. The molecule has 0 saturated heterocycles. The number of ether oxygens (including phenoxy) is 1. The SMILES string of the molecule is C=C/C=C(/c1cc(C)nc2c(OCc3c(Cl)cncc3Sc3nccn3C)cccc12)N(C)C. The molecule has 0 atom stereocenters.